The molecule has 4 heterocycles. The van der Waals surface area contributed by atoms with Crippen LogP contribution in [0.4, 0.5) is 21.6 Å². The summed E-state index contributed by atoms with van der Waals surface area (Å²) < 4.78 is 31.1. The molecule has 13 heteroatoms. The maximum absolute atomic E-state index is 15.0. The summed E-state index contributed by atoms with van der Waals surface area (Å²) in [5.41, 5.74) is 2.91. The minimum Gasteiger partial charge on any atom is -0.486 e. The summed E-state index contributed by atoms with van der Waals surface area (Å²) in [6.45, 7) is 5.59. The number of anilines is 3. The van der Waals surface area contributed by atoms with Crippen LogP contribution in [0.5, 0.6) is 5.75 Å². The van der Waals surface area contributed by atoms with Gasteiger partial charge in [0.05, 0.1) is 38.0 Å². The van der Waals surface area contributed by atoms with E-state index >= 15 is 4.39 Å². The Morgan fingerprint density at radius 3 is 2.61 bits per heavy atom. The van der Waals surface area contributed by atoms with Crippen molar-refractivity contribution >= 4 is 23.1 Å². The lowest BCUT2D eigenvalue weighted by atomic mass is 10.0. The fourth-order valence-electron chi connectivity index (χ4n) is 5.93. The molecular formula is C33H38FN7O5. The van der Waals surface area contributed by atoms with Crippen LogP contribution in [0.15, 0.2) is 54.7 Å². The molecule has 0 saturated carbocycles. The third-order valence-electron chi connectivity index (χ3n) is 8.65. The molecule has 3 saturated heterocycles. The van der Waals surface area contributed by atoms with Crippen LogP contribution in [0.3, 0.4) is 0 Å². The summed E-state index contributed by atoms with van der Waals surface area (Å²) in [6, 6.07) is 17.7. The van der Waals surface area contributed by atoms with Crippen LogP contribution in [0, 0.1) is 11.3 Å². The maximum atomic E-state index is 15.0. The largest absolute Gasteiger partial charge is 0.486 e. The van der Waals surface area contributed by atoms with Gasteiger partial charge in [0.25, 0.3) is 5.91 Å². The van der Waals surface area contributed by atoms with Crippen molar-refractivity contribution in [3.8, 4) is 23.2 Å². The summed E-state index contributed by atoms with van der Waals surface area (Å²) in [7, 11) is 1.38. The van der Waals surface area contributed by atoms with Gasteiger partial charge >= 0.3 is 0 Å². The summed E-state index contributed by atoms with van der Waals surface area (Å²) in [4.78, 5) is 27.5. The number of aliphatic hydroxyl groups is 1. The van der Waals surface area contributed by atoms with Gasteiger partial charge in [0.1, 0.15) is 23.7 Å². The smallest absolute Gasteiger partial charge is 0.253 e. The fraction of sp³-hybridized carbons (Fsp3) is 0.455. The molecule has 3 fully saturated rings. The molecule has 46 heavy (non-hydrogen) atoms. The zero-order valence-corrected chi connectivity index (χ0v) is 25.7. The van der Waals surface area contributed by atoms with E-state index in [0.717, 1.165) is 45.1 Å². The highest BCUT2D eigenvalue weighted by molar-refractivity contribution is 5.81. The summed E-state index contributed by atoms with van der Waals surface area (Å²) in [5.74, 6) is 0.684. The van der Waals surface area contributed by atoms with Crippen molar-refractivity contribution in [1.82, 2.24) is 19.8 Å². The number of ether oxygens (including phenoxy) is 3. The van der Waals surface area contributed by atoms with Crippen molar-refractivity contribution in [2.75, 3.05) is 76.4 Å². The number of aromatic nitrogens is 2. The van der Waals surface area contributed by atoms with Gasteiger partial charge in [-0.25, -0.2) is 14.4 Å². The first-order valence-corrected chi connectivity index (χ1v) is 15.5. The topological polar surface area (TPSA) is 136 Å². The molecule has 12 nitrogen and oxygen atoms in total. The number of likely N-dealkylation sites (tertiary alicyclic amines) is 1. The van der Waals surface area contributed by atoms with E-state index in [4.69, 9.17) is 14.2 Å². The number of piperazine rings is 1. The predicted octanol–water partition coefficient (Wildman–Crippen LogP) is 2.60. The molecule has 6 rings (SSSR count). The number of piperidine rings is 1. The van der Waals surface area contributed by atoms with Gasteiger partial charge in [0.2, 0.25) is 0 Å². The van der Waals surface area contributed by atoms with Crippen LogP contribution >= 0.6 is 0 Å². The fourth-order valence-corrected chi connectivity index (χ4v) is 5.93. The normalized spacial score (nSPS) is 21.3. The number of benzene rings is 2. The Balaban J connectivity index is 1.06. The van der Waals surface area contributed by atoms with Gasteiger partial charge in [-0.1, -0.05) is 0 Å². The number of rotatable bonds is 10. The van der Waals surface area contributed by atoms with Crippen molar-refractivity contribution in [3.05, 3.63) is 60.3 Å². The molecule has 0 unspecified atom stereocenters. The van der Waals surface area contributed by atoms with Crippen LogP contribution in [-0.4, -0.2) is 121 Å². The van der Waals surface area contributed by atoms with E-state index in [1.807, 2.05) is 12.1 Å². The Labute approximate surface area is 267 Å². The van der Waals surface area contributed by atoms with Gasteiger partial charge in [-0.3, -0.25) is 9.69 Å². The lowest BCUT2D eigenvalue weighted by Crippen LogP contribution is -2.56. The van der Waals surface area contributed by atoms with Gasteiger partial charge < -0.3 is 34.4 Å². The first-order valence-electron chi connectivity index (χ1n) is 15.5. The number of nitrogens with one attached hydrogen (secondary N) is 1. The zero-order chi connectivity index (χ0) is 32.0. The molecular weight excluding hydrogens is 593 g/mol. The second kappa shape index (κ2) is 14.4. The molecule has 3 aliphatic heterocycles. The number of carbonyl (C=O) groups is 1. The average Bonchev–Trinajstić information content (AvgIpc) is 3.05. The monoisotopic (exact) mass is 631 g/mol. The highest BCUT2D eigenvalue weighted by Crippen LogP contribution is 2.29. The third kappa shape index (κ3) is 7.21. The van der Waals surface area contributed by atoms with E-state index in [2.05, 4.69) is 43.3 Å². The Kier molecular flexibility index (Phi) is 9.89. The molecule has 1 aromatic heterocycles. The predicted molar refractivity (Wildman–Crippen MR) is 169 cm³/mol. The molecule has 0 radical (unpaired) electrons. The van der Waals surface area contributed by atoms with Crippen molar-refractivity contribution in [3.63, 3.8) is 0 Å². The number of hydrogen-bond acceptors (Lipinski definition) is 11. The van der Waals surface area contributed by atoms with Crippen molar-refractivity contribution < 1.29 is 28.5 Å². The van der Waals surface area contributed by atoms with E-state index in [0.29, 0.717) is 23.2 Å². The van der Waals surface area contributed by atoms with E-state index in [9.17, 15) is 15.2 Å². The molecule has 2 N–H and O–H groups in total. The summed E-state index contributed by atoms with van der Waals surface area (Å²) in [5, 5.41) is 23.1. The molecule has 242 valence electrons. The molecule has 3 aliphatic rings. The van der Waals surface area contributed by atoms with E-state index in [-0.39, 0.29) is 37.4 Å². The van der Waals surface area contributed by atoms with Gasteiger partial charge in [-0.2, -0.15) is 5.26 Å². The van der Waals surface area contributed by atoms with Crippen LogP contribution in [0.2, 0.25) is 0 Å². The number of carbonyl (C=O) groups excluding carboxylic acids is 1. The minimum atomic E-state index is -1.49. The highest BCUT2D eigenvalue weighted by Gasteiger charge is 2.35. The van der Waals surface area contributed by atoms with Gasteiger partial charge in [0, 0.05) is 69.4 Å². The molecule has 3 atom stereocenters. The van der Waals surface area contributed by atoms with Crippen LogP contribution in [0.25, 0.3) is 11.4 Å². The second-order valence-corrected chi connectivity index (χ2v) is 11.7. The van der Waals surface area contributed by atoms with Crippen molar-refractivity contribution in [2.45, 2.75) is 30.8 Å². The Bertz CT molecular complexity index is 1540. The van der Waals surface area contributed by atoms with Crippen molar-refractivity contribution in [1.29, 1.82) is 5.26 Å². The van der Waals surface area contributed by atoms with Gasteiger partial charge in [-0.05, 0) is 48.5 Å². The van der Waals surface area contributed by atoms with Gasteiger partial charge in [0.15, 0.2) is 18.1 Å². The number of hydrogen-bond donors (Lipinski definition) is 2. The molecule has 0 spiro atoms. The molecule has 0 aliphatic carbocycles. The van der Waals surface area contributed by atoms with Gasteiger partial charge in [-0.15, -0.1) is 0 Å². The Morgan fingerprint density at radius 2 is 1.93 bits per heavy atom. The number of alkyl halides is 1. The number of halogens is 1. The number of aliphatic hydroxyl groups excluding tert-OH is 1. The number of nitriles is 1. The summed E-state index contributed by atoms with van der Waals surface area (Å²) in [6.07, 6.45) is -1.81. The van der Waals surface area contributed by atoms with E-state index < -0.39 is 24.3 Å². The summed E-state index contributed by atoms with van der Waals surface area (Å²) >= 11 is 0. The average molecular weight is 632 g/mol. The number of methoxy groups -OCH3 is 1. The number of nitrogens with zero attached hydrogens (tertiary/aromatic N) is 6. The Morgan fingerprint density at radius 1 is 1.15 bits per heavy atom. The first kappa shape index (κ1) is 31.6. The molecule has 3 aromatic rings. The first-order chi connectivity index (χ1) is 22.4. The number of amides is 1. The van der Waals surface area contributed by atoms with Crippen molar-refractivity contribution in [2.24, 2.45) is 0 Å². The highest BCUT2D eigenvalue weighted by atomic mass is 19.1. The molecule has 0 bridgehead atoms. The zero-order valence-electron chi connectivity index (χ0n) is 25.7. The lowest BCUT2D eigenvalue weighted by Gasteiger charge is -2.43. The molecule has 1 amide bonds. The lowest BCUT2D eigenvalue weighted by molar-refractivity contribution is -0.146. The maximum Gasteiger partial charge on any atom is 0.253 e. The van der Waals surface area contributed by atoms with Crippen LogP contribution in [0.1, 0.15) is 12.0 Å². The minimum absolute atomic E-state index is 0.157. The Hall–Kier alpha value is -4.35. The third-order valence-corrected chi connectivity index (χ3v) is 8.65. The molecule has 2 aromatic carbocycles. The van der Waals surface area contributed by atoms with Crippen LogP contribution in [-0.2, 0) is 14.3 Å². The standard InChI is InChI=1S/C33H38FN7O5/c1-44-21-28(42)33(43)41-11-9-30(27(34)18-41)46-29-7-2-22(16-23(29)17-35)32-36-10-8-31(38-32)37-24-3-5-25(6-4-24)39-12-14-40(15-13-39)26-19-45-20-26/h2-8,10,16,26-28,30,42H,9,11-15,18-21H2,1H3,(H,36,37,38)/t27-,28+,30+/m1/s1. The SMILES string of the molecule is COC[C@H](O)C(=O)N1CC[C@H](Oc2ccc(-c3nccc(Nc4ccc(N5CCN(C6COC6)CC5)cc4)n3)cc2C#N)[C@H](F)C1. The van der Waals surface area contributed by atoms with Crippen LogP contribution < -0.4 is 15.0 Å². The quantitative estimate of drug-likeness (QED) is 0.342. The second-order valence-electron chi connectivity index (χ2n) is 11.7. The van der Waals surface area contributed by atoms with E-state index in [1.54, 1.807) is 30.5 Å². The van der Waals surface area contributed by atoms with E-state index in [1.165, 1.54) is 17.7 Å².